The molecule has 1 saturated heterocycles. The lowest BCUT2D eigenvalue weighted by Gasteiger charge is -2.31. The Labute approximate surface area is 175 Å². The van der Waals surface area contributed by atoms with Gasteiger partial charge < -0.3 is 10.2 Å². The monoisotopic (exact) mass is 406 g/mol. The fourth-order valence-corrected chi connectivity index (χ4v) is 4.16. The minimum atomic E-state index is -0.0957. The number of nitrogens with zero attached hydrogens (tertiary/aromatic N) is 1. The van der Waals surface area contributed by atoms with Crippen molar-refractivity contribution in [1.29, 1.82) is 0 Å². The third kappa shape index (κ3) is 4.13. The molecule has 0 aromatic heterocycles. The van der Waals surface area contributed by atoms with Gasteiger partial charge in [-0.2, -0.15) is 0 Å². The Kier molecular flexibility index (Phi) is 5.54. The summed E-state index contributed by atoms with van der Waals surface area (Å²) in [6, 6.07) is 19.2. The summed E-state index contributed by atoms with van der Waals surface area (Å²) in [6.45, 7) is 3.09. The molecule has 0 bridgehead atoms. The zero-order valence-corrected chi connectivity index (χ0v) is 17.1. The van der Waals surface area contributed by atoms with Crippen LogP contribution in [0.3, 0.4) is 0 Å². The van der Waals surface area contributed by atoms with Crippen molar-refractivity contribution in [2.75, 3.05) is 18.4 Å². The molecular weight excluding hydrogens is 384 g/mol. The molecule has 0 spiro atoms. The third-order valence-electron chi connectivity index (χ3n) is 5.62. The zero-order valence-electron chi connectivity index (χ0n) is 16.3. The lowest BCUT2D eigenvalue weighted by Crippen LogP contribution is -2.41. The van der Waals surface area contributed by atoms with Crippen LogP contribution < -0.4 is 5.32 Å². The van der Waals surface area contributed by atoms with E-state index in [1.165, 1.54) is 0 Å². The standard InChI is InChI=1S/C24H23ClN2O2/c1-16-15-19(25)9-10-22(16)26-23(28)18-11-13-27(14-12-18)24(29)21-8-4-6-17-5-2-3-7-20(17)21/h2-10,15,18H,11-14H2,1H3,(H,26,28). The summed E-state index contributed by atoms with van der Waals surface area (Å²) in [4.78, 5) is 27.6. The van der Waals surface area contributed by atoms with E-state index in [0.29, 0.717) is 31.0 Å². The molecule has 1 aliphatic heterocycles. The smallest absolute Gasteiger partial charge is 0.254 e. The Balaban J connectivity index is 1.41. The summed E-state index contributed by atoms with van der Waals surface area (Å²) in [5, 5.41) is 5.69. The van der Waals surface area contributed by atoms with Crippen molar-refractivity contribution in [3.05, 3.63) is 76.8 Å². The second-order valence-corrected chi connectivity index (χ2v) is 7.98. The van der Waals surface area contributed by atoms with Crippen LogP contribution in [0.4, 0.5) is 5.69 Å². The number of carbonyl (C=O) groups is 2. The maximum Gasteiger partial charge on any atom is 0.254 e. The number of amides is 2. The summed E-state index contributed by atoms with van der Waals surface area (Å²) in [5.41, 5.74) is 2.45. The van der Waals surface area contributed by atoms with Crippen LogP contribution in [0.2, 0.25) is 5.02 Å². The number of carbonyl (C=O) groups excluding carboxylic acids is 2. The Morgan fingerprint density at radius 2 is 1.72 bits per heavy atom. The number of likely N-dealkylation sites (tertiary alicyclic amines) is 1. The van der Waals surface area contributed by atoms with Crippen LogP contribution in [0.5, 0.6) is 0 Å². The first kappa shape index (κ1) is 19.5. The molecule has 4 nitrogen and oxygen atoms in total. The molecule has 0 unspecified atom stereocenters. The van der Waals surface area contributed by atoms with Crippen molar-refractivity contribution in [2.24, 2.45) is 5.92 Å². The molecule has 4 rings (SSSR count). The van der Waals surface area contributed by atoms with Crippen LogP contribution in [0.25, 0.3) is 10.8 Å². The van der Waals surface area contributed by atoms with Gasteiger partial charge in [-0.1, -0.05) is 48.0 Å². The maximum absolute atomic E-state index is 13.1. The Bertz CT molecular complexity index is 1070. The fourth-order valence-electron chi connectivity index (χ4n) is 3.93. The van der Waals surface area contributed by atoms with E-state index in [0.717, 1.165) is 27.6 Å². The molecule has 0 atom stereocenters. The quantitative estimate of drug-likeness (QED) is 0.642. The first-order valence-electron chi connectivity index (χ1n) is 9.87. The van der Waals surface area contributed by atoms with Gasteiger partial charge in [0.25, 0.3) is 5.91 Å². The highest BCUT2D eigenvalue weighted by atomic mass is 35.5. The number of fused-ring (bicyclic) bond motifs is 1. The molecule has 0 radical (unpaired) electrons. The van der Waals surface area contributed by atoms with E-state index in [4.69, 9.17) is 11.6 Å². The van der Waals surface area contributed by atoms with E-state index in [9.17, 15) is 9.59 Å². The predicted molar refractivity (Wildman–Crippen MR) is 117 cm³/mol. The van der Waals surface area contributed by atoms with Gasteiger partial charge in [0.15, 0.2) is 0 Å². The summed E-state index contributed by atoms with van der Waals surface area (Å²) in [6.07, 6.45) is 1.32. The van der Waals surface area contributed by atoms with Gasteiger partial charge in [-0.05, 0) is 60.4 Å². The topological polar surface area (TPSA) is 49.4 Å². The molecule has 1 aliphatic rings. The molecule has 29 heavy (non-hydrogen) atoms. The maximum atomic E-state index is 13.1. The highest BCUT2D eigenvalue weighted by Gasteiger charge is 2.28. The molecule has 3 aromatic carbocycles. The van der Waals surface area contributed by atoms with Crippen molar-refractivity contribution >= 4 is 39.9 Å². The predicted octanol–water partition coefficient (Wildman–Crippen LogP) is 5.29. The molecule has 0 saturated carbocycles. The number of hydrogen-bond acceptors (Lipinski definition) is 2. The largest absolute Gasteiger partial charge is 0.339 e. The first-order valence-corrected chi connectivity index (χ1v) is 10.2. The van der Waals surface area contributed by atoms with Crippen LogP contribution in [0.1, 0.15) is 28.8 Å². The number of halogens is 1. The zero-order chi connectivity index (χ0) is 20.4. The van der Waals surface area contributed by atoms with E-state index < -0.39 is 0 Å². The van der Waals surface area contributed by atoms with Crippen LogP contribution in [0.15, 0.2) is 60.7 Å². The van der Waals surface area contributed by atoms with Gasteiger partial charge in [0.2, 0.25) is 5.91 Å². The van der Waals surface area contributed by atoms with Crippen molar-refractivity contribution in [3.8, 4) is 0 Å². The molecule has 1 fully saturated rings. The highest BCUT2D eigenvalue weighted by molar-refractivity contribution is 6.30. The molecule has 2 amide bonds. The van der Waals surface area contributed by atoms with Crippen LogP contribution in [-0.2, 0) is 4.79 Å². The number of hydrogen-bond donors (Lipinski definition) is 1. The van der Waals surface area contributed by atoms with Crippen LogP contribution in [0, 0.1) is 12.8 Å². The number of piperidine rings is 1. The molecule has 1 N–H and O–H groups in total. The summed E-state index contributed by atoms with van der Waals surface area (Å²) in [5.74, 6) is -0.0523. The lowest BCUT2D eigenvalue weighted by atomic mass is 9.94. The number of anilines is 1. The van der Waals surface area contributed by atoms with Crippen molar-refractivity contribution in [2.45, 2.75) is 19.8 Å². The second kappa shape index (κ2) is 8.26. The van der Waals surface area contributed by atoms with Crippen LogP contribution >= 0.6 is 11.6 Å². The highest BCUT2D eigenvalue weighted by Crippen LogP contribution is 2.25. The Hall–Kier alpha value is -2.85. The molecule has 0 aliphatic carbocycles. The van der Waals surface area contributed by atoms with E-state index in [1.54, 1.807) is 6.07 Å². The third-order valence-corrected chi connectivity index (χ3v) is 5.85. The summed E-state index contributed by atoms with van der Waals surface area (Å²) < 4.78 is 0. The van der Waals surface area contributed by atoms with Crippen molar-refractivity contribution < 1.29 is 9.59 Å². The minimum Gasteiger partial charge on any atom is -0.339 e. The average Bonchev–Trinajstić information content (AvgIpc) is 2.75. The second-order valence-electron chi connectivity index (χ2n) is 7.54. The molecule has 1 heterocycles. The Morgan fingerprint density at radius 1 is 1.00 bits per heavy atom. The molecule has 3 aromatic rings. The van der Waals surface area contributed by atoms with E-state index in [2.05, 4.69) is 5.32 Å². The SMILES string of the molecule is Cc1cc(Cl)ccc1NC(=O)C1CCN(C(=O)c2cccc3ccccc23)CC1. The minimum absolute atomic E-state index is 0.00711. The van der Waals surface area contributed by atoms with Gasteiger partial charge in [0, 0.05) is 35.3 Å². The lowest BCUT2D eigenvalue weighted by molar-refractivity contribution is -0.121. The van der Waals surface area contributed by atoms with Gasteiger partial charge >= 0.3 is 0 Å². The van der Waals surface area contributed by atoms with E-state index in [1.807, 2.05) is 66.4 Å². The number of benzene rings is 3. The first-order chi connectivity index (χ1) is 14.0. The molecule has 5 heteroatoms. The summed E-state index contributed by atoms with van der Waals surface area (Å²) >= 11 is 5.98. The average molecular weight is 407 g/mol. The van der Waals surface area contributed by atoms with E-state index in [-0.39, 0.29) is 17.7 Å². The normalized spacial score (nSPS) is 14.8. The van der Waals surface area contributed by atoms with Crippen LogP contribution in [-0.4, -0.2) is 29.8 Å². The van der Waals surface area contributed by atoms with Gasteiger partial charge in [0.05, 0.1) is 0 Å². The van der Waals surface area contributed by atoms with Gasteiger partial charge in [0.1, 0.15) is 0 Å². The number of aryl methyl sites for hydroxylation is 1. The number of nitrogens with one attached hydrogen (secondary N) is 1. The van der Waals surface area contributed by atoms with Gasteiger partial charge in [-0.25, -0.2) is 0 Å². The Morgan fingerprint density at radius 3 is 2.48 bits per heavy atom. The van der Waals surface area contributed by atoms with Gasteiger partial charge in [-0.15, -0.1) is 0 Å². The number of rotatable bonds is 3. The molecule has 148 valence electrons. The van der Waals surface area contributed by atoms with Crippen molar-refractivity contribution in [3.63, 3.8) is 0 Å². The van der Waals surface area contributed by atoms with Crippen molar-refractivity contribution in [1.82, 2.24) is 4.90 Å². The fraction of sp³-hybridized carbons (Fsp3) is 0.250. The molecular formula is C24H23ClN2O2. The summed E-state index contributed by atoms with van der Waals surface area (Å²) in [7, 11) is 0. The van der Waals surface area contributed by atoms with E-state index >= 15 is 0 Å². The van der Waals surface area contributed by atoms with Gasteiger partial charge in [-0.3, -0.25) is 9.59 Å².